The molecule has 0 atom stereocenters. The predicted octanol–water partition coefficient (Wildman–Crippen LogP) is 4.27. The molecule has 0 aliphatic carbocycles. The third kappa shape index (κ3) is 4.50. The third-order valence-electron chi connectivity index (χ3n) is 2.34. The Balaban J connectivity index is 1.96. The zero-order chi connectivity index (χ0) is 13.8. The van der Waals surface area contributed by atoms with Crippen LogP contribution < -0.4 is 5.32 Å². The number of nitrogens with one attached hydrogen (secondary N) is 1. The molecule has 2 rings (SSSR count). The summed E-state index contributed by atoms with van der Waals surface area (Å²) in [7, 11) is 0. The van der Waals surface area contributed by atoms with Crippen molar-refractivity contribution in [2.75, 3.05) is 5.32 Å². The molecule has 0 saturated heterocycles. The molecule has 0 radical (unpaired) electrons. The Morgan fingerprint density at radius 1 is 1.32 bits per heavy atom. The van der Waals surface area contributed by atoms with Crippen molar-refractivity contribution in [2.24, 2.45) is 5.92 Å². The highest BCUT2D eigenvalue weighted by Gasteiger charge is 2.07. The standard InChI is InChI=1S/C12H14Br2N4S/c1-7(2)3-11-17-18-12(19-11)16-6-10-9(14)4-8(13)5-15-10/h4-5,7H,3,6H2,1-2H3,(H,16,18). The van der Waals surface area contributed by atoms with E-state index in [1.54, 1.807) is 17.5 Å². The lowest BCUT2D eigenvalue weighted by atomic mass is 10.1. The molecule has 0 bridgehead atoms. The zero-order valence-corrected chi connectivity index (χ0v) is 14.6. The third-order valence-corrected chi connectivity index (χ3v) is 4.36. The first-order valence-electron chi connectivity index (χ1n) is 5.90. The Labute approximate surface area is 133 Å². The Bertz CT molecular complexity index is 556. The van der Waals surface area contributed by atoms with Crippen LogP contribution in [0.2, 0.25) is 0 Å². The van der Waals surface area contributed by atoms with Crippen molar-refractivity contribution < 1.29 is 0 Å². The number of aromatic nitrogens is 3. The summed E-state index contributed by atoms with van der Waals surface area (Å²) in [4.78, 5) is 4.35. The minimum Gasteiger partial charge on any atom is -0.354 e. The van der Waals surface area contributed by atoms with Crippen LogP contribution in [0.5, 0.6) is 0 Å². The van der Waals surface area contributed by atoms with Crippen LogP contribution in [0.4, 0.5) is 5.13 Å². The van der Waals surface area contributed by atoms with Crippen molar-refractivity contribution >= 4 is 48.3 Å². The molecule has 102 valence electrons. The summed E-state index contributed by atoms with van der Waals surface area (Å²) in [5, 5.41) is 13.5. The number of anilines is 1. The fraction of sp³-hybridized carbons (Fsp3) is 0.417. The first-order valence-corrected chi connectivity index (χ1v) is 8.31. The van der Waals surface area contributed by atoms with Crippen molar-refractivity contribution in [3.63, 3.8) is 0 Å². The smallest absolute Gasteiger partial charge is 0.205 e. The maximum Gasteiger partial charge on any atom is 0.205 e. The van der Waals surface area contributed by atoms with E-state index in [4.69, 9.17) is 0 Å². The average Bonchev–Trinajstić information content (AvgIpc) is 2.74. The Hall–Kier alpha value is -0.530. The predicted molar refractivity (Wildman–Crippen MR) is 85.4 cm³/mol. The fourth-order valence-corrected chi connectivity index (χ4v) is 3.56. The van der Waals surface area contributed by atoms with E-state index in [1.807, 2.05) is 6.07 Å². The largest absolute Gasteiger partial charge is 0.354 e. The highest BCUT2D eigenvalue weighted by atomic mass is 79.9. The van der Waals surface area contributed by atoms with Crippen LogP contribution in [-0.2, 0) is 13.0 Å². The van der Waals surface area contributed by atoms with E-state index >= 15 is 0 Å². The number of rotatable bonds is 5. The van der Waals surface area contributed by atoms with Crippen LogP contribution in [0, 0.1) is 5.92 Å². The monoisotopic (exact) mass is 404 g/mol. The average molecular weight is 406 g/mol. The van der Waals surface area contributed by atoms with Gasteiger partial charge in [-0.2, -0.15) is 0 Å². The van der Waals surface area contributed by atoms with Crippen molar-refractivity contribution in [1.29, 1.82) is 0 Å². The summed E-state index contributed by atoms with van der Waals surface area (Å²) >= 11 is 8.48. The number of halogens is 2. The topological polar surface area (TPSA) is 50.7 Å². The molecule has 1 N–H and O–H groups in total. The van der Waals surface area contributed by atoms with Gasteiger partial charge in [-0.15, -0.1) is 10.2 Å². The van der Waals surface area contributed by atoms with Crippen molar-refractivity contribution in [2.45, 2.75) is 26.8 Å². The van der Waals surface area contributed by atoms with Crippen molar-refractivity contribution in [1.82, 2.24) is 15.2 Å². The number of hydrogen-bond donors (Lipinski definition) is 1. The Kier molecular flexibility index (Phi) is 5.29. The molecule has 0 spiro atoms. The van der Waals surface area contributed by atoms with Crippen LogP contribution in [-0.4, -0.2) is 15.2 Å². The van der Waals surface area contributed by atoms with E-state index in [1.165, 1.54) is 0 Å². The summed E-state index contributed by atoms with van der Waals surface area (Å²) in [6.45, 7) is 4.99. The summed E-state index contributed by atoms with van der Waals surface area (Å²) < 4.78 is 1.93. The van der Waals surface area contributed by atoms with Gasteiger partial charge >= 0.3 is 0 Å². The second kappa shape index (κ2) is 6.76. The Morgan fingerprint density at radius 3 is 2.79 bits per heavy atom. The molecule has 0 aliphatic rings. The summed E-state index contributed by atoms with van der Waals surface area (Å²) in [6, 6.07) is 1.98. The lowest BCUT2D eigenvalue weighted by Gasteiger charge is -2.04. The van der Waals surface area contributed by atoms with Crippen LogP contribution in [0.15, 0.2) is 21.2 Å². The molecule has 0 fully saturated rings. The van der Waals surface area contributed by atoms with Gasteiger partial charge in [-0.3, -0.25) is 4.98 Å². The fourth-order valence-electron chi connectivity index (χ4n) is 1.49. The van der Waals surface area contributed by atoms with Crippen molar-refractivity contribution in [3.05, 3.63) is 31.9 Å². The van der Waals surface area contributed by atoms with Gasteiger partial charge < -0.3 is 5.32 Å². The summed E-state index contributed by atoms with van der Waals surface area (Å²) in [6.07, 6.45) is 2.76. The molecular weight excluding hydrogens is 392 g/mol. The van der Waals surface area contributed by atoms with Crippen molar-refractivity contribution in [3.8, 4) is 0 Å². The molecule has 2 heterocycles. The summed E-state index contributed by atoms with van der Waals surface area (Å²) in [5.41, 5.74) is 0.948. The van der Waals surface area contributed by atoms with Gasteiger partial charge in [0.2, 0.25) is 5.13 Å². The van der Waals surface area contributed by atoms with Gasteiger partial charge in [-0.25, -0.2) is 0 Å². The van der Waals surface area contributed by atoms with Crippen LogP contribution in [0.25, 0.3) is 0 Å². The molecule has 19 heavy (non-hydrogen) atoms. The normalized spacial score (nSPS) is 11.0. The lowest BCUT2D eigenvalue weighted by Crippen LogP contribution is -2.02. The van der Waals surface area contributed by atoms with Gasteiger partial charge in [-0.1, -0.05) is 25.2 Å². The SMILES string of the molecule is CC(C)Cc1nnc(NCc2ncc(Br)cc2Br)s1. The first-order chi connectivity index (χ1) is 9.04. The molecule has 4 nitrogen and oxygen atoms in total. The molecule has 0 saturated carbocycles. The van der Waals surface area contributed by atoms with E-state index in [9.17, 15) is 0 Å². The lowest BCUT2D eigenvalue weighted by molar-refractivity contribution is 0.640. The molecule has 2 aromatic heterocycles. The van der Waals surface area contributed by atoms with Gasteiger partial charge in [0.15, 0.2) is 0 Å². The molecule has 0 unspecified atom stereocenters. The van der Waals surface area contributed by atoms with Gasteiger partial charge in [0.25, 0.3) is 0 Å². The minimum absolute atomic E-state index is 0.600. The maximum absolute atomic E-state index is 4.35. The molecule has 0 amide bonds. The highest BCUT2D eigenvalue weighted by Crippen LogP contribution is 2.22. The second-order valence-electron chi connectivity index (χ2n) is 4.53. The molecule has 0 aliphatic heterocycles. The second-order valence-corrected chi connectivity index (χ2v) is 7.37. The zero-order valence-electron chi connectivity index (χ0n) is 10.7. The van der Waals surface area contributed by atoms with Gasteiger partial charge in [0, 0.05) is 21.6 Å². The molecule has 0 aromatic carbocycles. The minimum atomic E-state index is 0.600. The van der Waals surface area contributed by atoms with Crippen LogP contribution >= 0.6 is 43.2 Å². The highest BCUT2D eigenvalue weighted by molar-refractivity contribution is 9.11. The summed E-state index contributed by atoms with van der Waals surface area (Å²) in [5.74, 6) is 0.600. The molecule has 7 heteroatoms. The van der Waals surface area contributed by atoms with Gasteiger partial charge in [-0.05, 0) is 43.8 Å². The quantitative estimate of drug-likeness (QED) is 0.806. The molecular formula is C12H14Br2N4S. The maximum atomic E-state index is 4.35. The molecule has 2 aromatic rings. The van der Waals surface area contributed by atoms with E-state index in [2.05, 4.69) is 66.2 Å². The Morgan fingerprint density at radius 2 is 2.11 bits per heavy atom. The van der Waals surface area contributed by atoms with Crippen LogP contribution in [0.1, 0.15) is 24.5 Å². The van der Waals surface area contributed by atoms with Gasteiger partial charge in [0.05, 0.1) is 12.2 Å². The number of nitrogens with zero attached hydrogens (tertiary/aromatic N) is 3. The van der Waals surface area contributed by atoms with E-state index in [-0.39, 0.29) is 0 Å². The first kappa shape index (κ1) is 14.9. The van der Waals surface area contributed by atoms with E-state index in [0.717, 1.165) is 31.2 Å². The van der Waals surface area contributed by atoms with E-state index < -0.39 is 0 Å². The number of pyridine rings is 1. The van der Waals surface area contributed by atoms with Gasteiger partial charge in [0.1, 0.15) is 5.01 Å². The van der Waals surface area contributed by atoms with E-state index in [0.29, 0.717) is 12.5 Å². The van der Waals surface area contributed by atoms with Crippen LogP contribution in [0.3, 0.4) is 0 Å². The number of hydrogen-bond acceptors (Lipinski definition) is 5.